The number of hydrogen-bond donors (Lipinski definition) is 0. The van der Waals surface area contributed by atoms with E-state index in [-0.39, 0.29) is 5.91 Å². The van der Waals surface area contributed by atoms with Crippen molar-refractivity contribution in [1.29, 1.82) is 0 Å². The molecule has 0 saturated carbocycles. The van der Waals surface area contributed by atoms with Crippen molar-refractivity contribution >= 4 is 21.8 Å². The second kappa shape index (κ2) is 4.85. The number of amides is 1. The van der Waals surface area contributed by atoms with Crippen LogP contribution >= 0.6 is 15.9 Å². The van der Waals surface area contributed by atoms with Crippen LogP contribution in [0.1, 0.15) is 26.2 Å². The van der Waals surface area contributed by atoms with Crippen molar-refractivity contribution in [1.82, 2.24) is 4.90 Å². The van der Waals surface area contributed by atoms with Gasteiger partial charge >= 0.3 is 0 Å². The van der Waals surface area contributed by atoms with Crippen molar-refractivity contribution in [2.24, 2.45) is 5.92 Å². The first-order valence-corrected chi connectivity index (χ1v) is 5.70. The lowest BCUT2D eigenvalue weighted by molar-refractivity contribution is -0.128. The molecule has 12 heavy (non-hydrogen) atoms. The van der Waals surface area contributed by atoms with Crippen LogP contribution in [-0.4, -0.2) is 29.2 Å². The van der Waals surface area contributed by atoms with Crippen LogP contribution in [-0.2, 0) is 4.79 Å². The average Bonchev–Trinajstić information content (AvgIpc) is 2.29. The van der Waals surface area contributed by atoms with Crippen molar-refractivity contribution in [3.63, 3.8) is 0 Å². The number of rotatable bonds is 1. The zero-order valence-corrected chi connectivity index (χ0v) is 9.14. The lowest BCUT2D eigenvalue weighted by Gasteiger charge is -2.18. The zero-order chi connectivity index (χ0) is 8.97. The summed E-state index contributed by atoms with van der Waals surface area (Å²) < 4.78 is 0. The van der Waals surface area contributed by atoms with Gasteiger partial charge in [-0.25, -0.2) is 0 Å². The van der Waals surface area contributed by atoms with Gasteiger partial charge in [0, 0.05) is 13.1 Å². The molecule has 1 fully saturated rings. The van der Waals surface area contributed by atoms with Gasteiger partial charge in [0.25, 0.3) is 0 Å². The molecule has 1 unspecified atom stereocenters. The molecule has 70 valence electrons. The summed E-state index contributed by atoms with van der Waals surface area (Å²) in [5, 5.41) is 0.474. The summed E-state index contributed by atoms with van der Waals surface area (Å²) in [6.07, 6.45) is 3.60. The molecule has 1 rings (SSSR count). The van der Waals surface area contributed by atoms with Gasteiger partial charge in [-0.2, -0.15) is 0 Å². The van der Waals surface area contributed by atoms with Gasteiger partial charge in [0.1, 0.15) is 0 Å². The molecule has 1 aliphatic rings. The van der Waals surface area contributed by atoms with Gasteiger partial charge in [-0.3, -0.25) is 4.79 Å². The van der Waals surface area contributed by atoms with E-state index in [2.05, 4.69) is 22.9 Å². The second-order valence-corrected chi connectivity index (χ2v) is 4.11. The third-order valence-electron chi connectivity index (χ3n) is 2.48. The van der Waals surface area contributed by atoms with Crippen LogP contribution in [0, 0.1) is 5.92 Å². The van der Waals surface area contributed by atoms with Gasteiger partial charge in [-0.05, 0) is 25.2 Å². The van der Waals surface area contributed by atoms with Crippen LogP contribution in [0.5, 0.6) is 0 Å². The standard InChI is InChI=1S/C9H16BrNO/c1-8-3-2-5-11(6-4-8)9(12)7-10/h8H,2-7H2,1H3. The van der Waals surface area contributed by atoms with E-state index in [9.17, 15) is 4.79 Å². The summed E-state index contributed by atoms with van der Waals surface area (Å²) in [5.41, 5.74) is 0. The van der Waals surface area contributed by atoms with Gasteiger partial charge in [0.2, 0.25) is 5.91 Å². The number of hydrogen-bond acceptors (Lipinski definition) is 1. The molecule has 0 N–H and O–H groups in total. The quantitative estimate of drug-likeness (QED) is 0.635. The molecule has 1 heterocycles. The van der Waals surface area contributed by atoms with E-state index in [0.29, 0.717) is 5.33 Å². The Morgan fingerprint density at radius 2 is 2.25 bits per heavy atom. The third kappa shape index (κ3) is 2.77. The Labute approximate surface area is 82.4 Å². The van der Waals surface area contributed by atoms with Gasteiger partial charge in [-0.1, -0.05) is 22.9 Å². The number of likely N-dealkylation sites (tertiary alicyclic amines) is 1. The molecule has 0 aromatic carbocycles. The molecular formula is C9H16BrNO. The average molecular weight is 234 g/mol. The van der Waals surface area contributed by atoms with Gasteiger partial charge in [-0.15, -0.1) is 0 Å². The van der Waals surface area contributed by atoms with Crippen LogP contribution in [0.25, 0.3) is 0 Å². The minimum absolute atomic E-state index is 0.240. The number of carbonyl (C=O) groups is 1. The van der Waals surface area contributed by atoms with E-state index in [1.54, 1.807) is 0 Å². The van der Waals surface area contributed by atoms with Crippen LogP contribution in [0.15, 0.2) is 0 Å². The Balaban J connectivity index is 2.40. The first-order chi connectivity index (χ1) is 5.74. The molecule has 0 spiro atoms. The summed E-state index contributed by atoms with van der Waals surface area (Å²) in [6.45, 7) is 4.17. The Morgan fingerprint density at radius 3 is 2.92 bits per heavy atom. The molecule has 1 aliphatic heterocycles. The first kappa shape index (κ1) is 10.0. The molecule has 3 heteroatoms. The molecule has 1 amide bonds. The number of halogens is 1. The fraction of sp³-hybridized carbons (Fsp3) is 0.889. The van der Waals surface area contributed by atoms with E-state index in [4.69, 9.17) is 0 Å². The van der Waals surface area contributed by atoms with E-state index in [1.165, 1.54) is 19.3 Å². The Hall–Kier alpha value is -0.0500. The van der Waals surface area contributed by atoms with Crippen molar-refractivity contribution in [3.8, 4) is 0 Å². The van der Waals surface area contributed by atoms with Crippen LogP contribution in [0.2, 0.25) is 0 Å². The molecular weight excluding hydrogens is 218 g/mol. The lowest BCUT2D eigenvalue weighted by Crippen LogP contribution is -2.32. The van der Waals surface area contributed by atoms with Crippen LogP contribution in [0.3, 0.4) is 0 Å². The summed E-state index contributed by atoms with van der Waals surface area (Å²) in [7, 11) is 0. The van der Waals surface area contributed by atoms with Gasteiger partial charge in [0.15, 0.2) is 0 Å². The molecule has 0 bridgehead atoms. The largest absolute Gasteiger partial charge is 0.342 e. The van der Waals surface area contributed by atoms with Crippen molar-refractivity contribution in [2.45, 2.75) is 26.2 Å². The van der Waals surface area contributed by atoms with E-state index >= 15 is 0 Å². The summed E-state index contributed by atoms with van der Waals surface area (Å²) >= 11 is 3.20. The lowest BCUT2D eigenvalue weighted by atomic mass is 10.0. The summed E-state index contributed by atoms with van der Waals surface area (Å²) in [5.74, 6) is 1.03. The molecule has 0 aliphatic carbocycles. The van der Waals surface area contributed by atoms with Crippen LogP contribution in [0.4, 0.5) is 0 Å². The normalized spacial score (nSPS) is 25.2. The van der Waals surface area contributed by atoms with Crippen LogP contribution < -0.4 is 0 Å². The fourth-order valence-electron chi connectivity index (χ4n) is 1.60. The number of alkyl halides is 1. The monoisotopic (exact) mass is 233 g/mol. The zero-order valence-electron chi connectivity index (χ0n) is 7.55. The molecule has 0 radical (unpaired) electrons. The Bertz CT molecular complexity index is 161. The maximum atomic E-state index is 11.3. The van der Waals surface area contributed by atoms with Gasteiger partial charge < -0.3 is 4.90 Å². The highest BCUT2D eigenvalue weighted by atomic mass is 79.9. The highest BCUT2D eigenvalue weighted by Gasteiger charge is 2.16. The Kier molecular flexibility index (Phi) is 4.06. The first-order valence-electron chi connectivity index (χ1n) is 4.57. The van der Waals surface area contributed by atoms with Crippen molar-refractivity contribution in [2.75, 3.05) is 18.4 Å². The fourth-order valence-corrected chi connectivity index (χ4v) is 1.95. The smallest absolute Gasteiger partial charge is 0.233 e. The summed E-state index contributed by atoms with van der Waals surface area (Å²) in [6, 6.07) is 0. The predicted molar refractivity (Wildman–Crippen MR) is 53.4 cm³/mol. The number of nitrogens with zero attached hydrogens (tertiary/aromatic N) is 1. The summed E-state index contributed by atoms with van der Waals surface area (Å²) in [4.78, 5) is 13.3. The maximum Gasteiger partial charge on any atom is 0.233 e. The van der Waals surface area contributed by atoms with Crippen molar-refractivity contribution < 1.29 is 4.79 Å². The Morgan fingerprint density at radius 1 is 1.50 bits per heavy atom. The molecule has 0 aromatic heterocycles. The minimum Gasteiger partial charge on any atom is -0.342 e. The molecule has 0 aromatic rings. The third-order valence-corrected chi connectivity index (χ3v) is 2.96. The highest BCUT2D eigenvalue weighted by Crippen LogP contribution is 2.16. The van der Waals surface area contributed by atoms with Gasteiger partial charge in [0.05, 0.1) is 5.33 Å². The van der Waals surface area contributed by atoms with E-state index in [1.807, 2.05) is 4.90 Å². The maximum absolute atomic E-state index is 11.3. The molecule has 2 nitrogen and oxygen atoms in total. The highest BCUT2D eigenvalue weighted by molar-refractivity contribution is 9.09. The second-order valence-electron chi connectivity index (χ2n) is 3.55. The molecule has 1 saturated heterocycles. The topological polar surface area (TPSA) is 20.3 Å². The predicted octanol–water partition coefficient (Wildman–Crippen LogP) is 2.03. The van der Waals surface area contributed by atoms with Crippen molar-refractivity contribution in [3.05, 3.63) is 0 Å². The SMILES string of the molecule is CC1CCCN(C(=O)CBr)CC1. The minimum atomic E-state index is 0.240. The molecule has 1 atom stereocenters. The van der Waals surface area contributed by atoms with E-state index < -0.39 is 0 Å². The number of carbonyl (C=O) groups excluding carboxylic acids is 1. The van der Waals surface area contributed by atoms with E-state index in [0.717, 1.165) is 19.0 Å².